The summed E-state index contributed by atoms with van der Waals surface area (Å²) in [6, 6.07) is 5.31. The smallest absolute Gasteiger partial charge is 0.479 e. The minimum absolute atomic E-state index is 0.231. The number of halogens is 3. The number of nitrogens with one attached hydrogen (secondary N) is 1. The number of unbranched alkanes of at least 4 members (excludes halogenated alkanes) is 1. The van der Waals surface area contributed by atoms with E-state index in [1.54, 1.807) is 35.0 Å². The van der Waals surface area contributed by atoms with Crippen LogP contribution in [0.4, 0.5) is 13.2 Å². The number of pyridine rings is 1. The third-order valence-corrected chi connectivity index (χ3v) is 4.00. The molecule has 0 saturated carbocycles. The Morgan fingerprint density at radius 2 is 2.05 bits per heavy atom. The van der Waals surface area contributed by atoms with Crippen molar-refractivity contribution in [1.29, 1.82) is 0 Å². The summed E-state index contributed by atoms with van der Waals surface area (Å²) in [7, 11) is -5.26. The van der Waals surface area contributed by atoms with E-state index in [9.17, 15) is 21.6 Å². The van der Waals surface area contributed by atoms with Crippen LogP contribution in [0.15, 0.2) is 30.6 Å². The SMILES string of the molecule is O=S(=O)(NCCCCOc1cccc2nccn12)C(F)(F)F. The van der Waals surface area contributed by atoms with E-state index in [-0.39, 0.29) is 19.6 Å². The molecule has 2 heterocycles. The lowest BCUT2D eigenvalue weighted by molar-refractivity contribution is -0.0447. The van der Waals surface area contributed by atoms with Gasteiger partial charge in [0.25, 0.3) is 0 Å². The molecule has 0 fully saturated rings. The summed E-state index contributed by atoms with van der Waals surface area (Å²) in [4.78, 5) is 4.09. The van der Waals surface area contributed by atoms with Gasteiger partial charge in [-0.3, -0.25) is 4.40 Å². The van der Waals surface area contributed by atoms with Crippen molar-refractivity contribution in [1.82, 2.24) is 14.1 Å². The van der Waals surface area contributed by atoms with Gasteiger partial charge in [-0.05, 0) is 25.0 Å². The first-order valence-electron chi connectivity index (χ1n) is 6.42. The van der Waals surface area contributed by atoms with Gasteiger partial charge in [-0.2, -0.15) is 13.2 Å². The number of sulfonamides is 1. The highest BCUT2D eigenvalue weighted by atomic mass is 32.2. The fourth-order valence-electron chi connectivity index (χ4n) is 1.73. The Labute approximate surface area is 125 Å². The van der Waals surface area contributed by atoms with Crippen LogP contribution >= 0.6 is 0 Å². The summed E-state index contributed by atoms with van der Waals surface area (Å²) in [5, 5.41) is 0. The van der Waals surface area contributed by atoms with Crippen molar-refractivity contribution in [3.05, 3.63) is 30.6 Å². The Kier molecular flexibility index (Phi) is 4.91. The van der Waals surface area contributed by atoms with Crippen LogP contribution < -0.4 is 9.46 Å². The zero-order valence-corrected chi connectivity index (χ0v) is 12.2. The molecule has 0 radical (unpaired) electrons. The van der Waals surface area contributed by atoms with Crippen molar-refractivity contribution < 1.29 is 26.3 Å². The van der Waals surface area contributed by atoms with Crippen LogP contribution in [0.3, 0.4) is 0 Å². The fraction of sp³-hybridized carbons (Fsp3) is 0.417. The van der Waals surface area contributed by atoms with Crippen molar-refractivity contribution >= 4 is 15.7 Å². The number of aromatic nitrogens is 2. The van der Waals surface area contributed by atoms with Crippen LogP contribution in [0.2, 0.25) is 0 Å². The average Bonchev–Trinajstić information content (AvgIpc) is 2.90. The molecule has 0 aliphatic carbocycles. The summed E-state index contributed by atoms with van der Waals surface area (Å²) in [6.45, 7) is -0.0362. The topological polar surface area (TPSA) is 72.7 Å². The van der Waals surface area contributed by atoms with Crippen LogP contribution in [0.5, 0.6) is 5.88 Å². The van der Waals surface area contributed by atoms with Gasteiger partial charge >= 0.3 is 15.5 Å². The van der Waals surface area contributed by atoms with Gasteiger partial charge in [0.15, 0.2) is 5.88 Å². The van der Waals surface area contributed by atoms with E-state index in [0.29, 0.717) is 12.3 Å². The van der Waals surface area contributed by atoms with E-state index < -0.39 is 15.5 Å². The van der Waals surface area contributed by atoms with Gasteiger partial charge in [0.2, 0.25) is 0 Å². The van der Waals surface area contributed by atoms with Gasteiger partial charge in [0.1, 0.15) is 5.65 Å². The van der Waals surface area contributed by atoms with Crippen molar-refractivity contribution in [3.63, 3.8) is 0 Å². The maximum atomic E-state index is 12.1. The van der Waals surface area contributed by atoms with Gasteiger partial charge in [0.05, 0.1) is 6.61 Å². The third kappa shape index (κ3) is 3.89. The van der Waals surface area contributed by atoms with Gasteiger partial charge in [-0.15, -0.1) is 0 Å². The van der Waals surface area contributed by atoms with E-state index in [2.05, 4.69) is 4.98 Å². The second-order valence-electron chi connectivity index (χ2n) is 4.42. The molecule has 10 heteroatoms. The summed E-state index contributed by atoms with van der Waals surface area (Å²) >= 11 is 0. The first-order valence-corrected chi connectivity index (χ1v) is 7.90. The maximum absolute atomic E-state index is 12.1. The van der Waals surface area contributed by atoms with E-state index in [0.717, 1.165) is 5.65 Å². The first kappa shape index (κ1) is 16.6. The molecule has 0 atom stereocenters. The number of hydrogen-bond acceptors (Lipinski definition) is 4. The second kappa shape index (κ2) is 6.53. The molecule has 2 rings (SSSR count). The van der Waals surface area contributed by atoms with Crippen LogP contribution in [0.25, 0.3) is 5.65 Å². The summed E-state index contributed by atoms with van der Waals surface area (Å²) in [5.74, 6) is 0.561. The van der Waals surface area contributed by atoms with Gasteiger partial charge < -0.3 is 4.74 Å². The Morgan fingerprint density at radius 1 is 1.27 bits per heavy atom. The van der Waals surface area contributed by atoms with Gasteiger partial charge in [-0.25, -0.2) is 18.1 Å². The number of nitrogens with zero attached hydrogens (tertiary/aromatic N) is 2. The van der Waals surface area contributed by atoms with Crippen LogP contribution in [-0.2, 0) is 10.0 Å². The zero-order chi connectivity index (χ0) is 16.2. The molecule has 0 bridgehead atoms. The number of imidazole rings is 1. The number of alkyl halides is 3. The number of ether oxygens (including phenoxy) is 1. The molecule has 0 aliphatic rings. The summed E-state index contributed by atoms with van der Waals surface area (Å²) in [6.07, 6.45) is 3.98. The fourth-order valence-corrected chi connectivity index (χ4v) is 2.31. The molecule has 0 saturated heterocycles. The Balaban J connectivity index is 1.73. The molecule has 0 unspecified atom stereocenters. The largest absolute Gasteiger partial charge is 0.511 e. The maximum Gasteiger partial charge on any atom is 0.511 e. The molecule has 0 aromatic carbocycles. The molecular formula is C12H14F3N3O3S. The predicted molar refractivity (Wildman–Crippen MR) is 72.9 cm³/mol. The molecule has 122 valence electrons. The second-order valence-corrected chi connectivity index (χ2v) is 6.18. The molecule has 22 heavy (non-hydrogen) atoms. The first-order chi connectivity index (χ1) is 10.3. The van der Waals surface area contributed by atoms with Gasteiger partial charge in [0, 0.05) is 18.9 Å². The molecule has 2 aromatic rings. The number of rotatable bonds is 7. The highest BCUT2D eigenvalue weighted by Gasteiger charge is 2.45. The highest BCUT2D eigenvalue weighted by Crippen LogP contribution is 2.21. The molecule has 1 N–H and O–H groups in total. The Hall–Kier alpha value is -1.81. The molecule has 2 aromatic heterocycles. The van der Waals surface area contributed by atoms with E-state index in [4.69, 9.17) is 4.74 Å². The summed E-state index contributed by atoms with van der Waals surface area (Å²) < 4.78 is 66.4. The molecule has 0 amide bonds. The molecule has 6 nitrogen and oxygen atoms in total. The lowest BCUT2D eigenvalue weighted by Crippen LogP contribution is -2.37. The van der Waals surface area contributed by atoms with E-state index in [1.165, 1.54) is 4.72 Å². The summed E-state index contributed by atoms with van der Waals surface area (Å²) in [5.41, 5.74) is -4.56. The van der Waals surface area contributed by atoms with Crippen LogP contribution in [0, 0.1) is 0 Å². The lowest BCUT2D eigenvalue weighted by atomic mass is 10.3. The van der Waals surface area contributed by atoms with Gasteiger partial charge in [-0.1, -0.05) is 6.07 Å². The quantitative estimate of drug-likeness (QED) is 0.784. The van der Waals surface area contributed by atoms with E-state index in [1.807, 2.05) is 0 Å². The average molecular weight is 337 g/mol. The van der Waals surface area contributed by atoms with Crippen molar-refractivity contribution in [3.8, 4) is 5.88 Å². The van der Waals surface area contributed by atoms with E-state index >= 15 is 0 Å². The monoisotopic (exact) mass is 337 g/mol. The number of fused-ring (bicyclic) bond motifs is 1. The minimum atomic E-state index is -5.28. The number of hydrogen-bond donors (Lipinski definition) is 1. The minimum Gasteiger partial charge on any atom is -0.479 e. The van der Waals surface area contributed by atoms with Crippen molar-refractivity contribution in [2.45, 2.75) is 18.3 Å². The molecule has 0 spiro atoms. The standard InChI is InChI=1S/C12H14F3N3O3S/c13-12(14,15)22(19,20)17-6-1-2-9-21-11-5-3-4-10-16-7-8-18(10)11/h3-5,7-8,17H,1-2,6,9H2. The van der Waals surface area contributed by atoms with Crippen molar-refractivity contribution in [2.24, 2.45) is 0 Å². The highest BCUT2D eigenvalue weighted by molar-refractivity contribution is 7.90. The molecular weight excluding hydrogens is 323 g/mol. The normalized spacial score (nSPS) is 12.7. The van der Waals surface area contributed by atoms with Crippen molar-refractivity contribution in [2.75, 3.05) is 13.2 Å². The predicted octanol–water partition coefficient (Wildman–Crippen LogP) is 1.93. The molecule has 0 aliphatic heterocycles. The van der Waals surface area contributed by atoms with Crippen LogP contribution in [-0.4, -0.2) is 36.5 Å². The third-order valence-electron chi connectivity index (χ3n) is 2.81. The van der Waals surface area contributed by atoms with Crippen LogP contribution in [0.1, 0.15) is 12.8 Å². The zero-order valence-electron chi connectivity index (χ0n) is 11.4. The Bertz CT molecular complexity index is 728. The Morgan fingerprint density at radius 3 is 2.77 bits per heavy atom. The lowest BCUT2D eigenvalue weighted by Gasteiger charge is -2.10.